The van der Waals surface area contributed by atoms with Crippen LogP contribution in [0.15, 0.2) is 22.8 Å². The first kappa shape index (κ1) is 18.0. The van der Waals surface area contributed by atoms with Gasteiger partial charge in [0.2, 0.25) is 5.91 Å². The molecule has 2 heterocycles. The highest BCUT2D eigenvalue weighted by atomic mass is 16.5. The van der Waals surface area contributed by atoms with Gasteiger partial charge in [-0.1, -0.05) is 19.8 Å². The first-order chi connectivity index (χ1) is 12.2. The lowest BCUT2D eigenvalue weighted by Gasteiger charge is -2.29. The van der Waals surface area contributed by atoms with E-state index in [2.05, 4.69) is 12.2 Å². The lowest BCUT2D eigenvalue weighted by atomic mass is 9.88. The van der Waals surface area contributed by atoms with E-state index < -0.39 is 6.04 Å². The molecule has 0 radical (unpaired) electrons. The Kier molecular flexibility index (Phi) is 6.13. The third kappa shape index (κ3) is 4.42. The number of carbonyl (C=O) groups excluding carboxylic acids is 2. The van der Waals surface area contributed by atoms with Crippen LogP contribution in [0.25, 0.3) is 0 Å². The van der Waals surface area contributed by atoms with Crippen molar-refractivity contribution in [2.24, 2.45) is 5.92 Å². The van der Waals surface area contributed by atoms with Gasteiger partial charge >= 0.3 is 0 Å². The lowest BCUT2D eigenvalue weighted by molar-refractivity contribution is -0.125. The number of rotatable bonds is 6. The van der Waals surface area contributed by atoms with Crippen molar-refractivity contribution < 1.29 is 18.7 Å². The van der Waals surface area contributed by atoms with E-state index in [1.165, 1.54) is 25.5 Å². The predicted molar refractivity (Wildman–Crippen MR) is 93.1 cm³/mol. The molecule has 2 amide bonds. The van der Waals surface area contributed by atoms with E-state index >= 15 is 0 Å². The first-order valence-corrected chi connectivity index (χ1v) is 9.40. The molecule has 1 aliphatic carbocycles. The maximum atomic E-state index is 12.5. The van der Waals surface area contributed by atoms with Gasteiger partial charge in [-0.3, -0.25) is 9.59 Å². The van der Waals surface area contributed by atoms with Crippen LogP contribution in [-0.2, 0) is 9.53 Å². The molecular weight excluding hydrogens is 320 g/mol. The van der Waals surface area contributed by atoms with Gasteiger partial charge in [0.1, 0.15) is 6.04 Å². The Balaban J connectivity index is 1.43. The van der Waals surface area contributed by atoms with Crippen LogP contribution in [0, 0.1) is 5.92 Å². The van der Waals surface area contributed by atoms with Crippen molar-refractivity contribution in [2.75, 3.05) is 19.7 Å². The molecule has 0 unspecified atom stereocenters. The van der Waals surface area contributed by atoms with E-state index in [1.807, 2.05) is 0 Å². The molecule has 25 heavy (non-hydrogen) atoms. The molecule has 1 N–H and O–H groups in total. The number of hydrogen-bond donors (Lipinski definition) is 1. The standard InChI is InChI=1S/C19H28N2O4/c1-14-6-2-3-8-16(14)25-13-10-20-18(22)15-7-4-11-21(15)19(23)17-9-5-12-24-17/h5,9,12,14-16H,2-4,6-8,10-11,13H2,1H3,(H,20,22)/t14-,15-,16-/m1/s1. The maximum absolute atomic E-state index is 12.5. The van der Waals surface area contributed by atoms with Crippen molar-refractivity contribution in [1.82, 2.24) is 10.2 Å². The molecule has 2 aliphatic rings. The molecule has 3 atom stereocenters. The third-order valence-corrected chi connectivity index (χ3v) is 5.31. The van der Waals surface area contributed by atoms with Gasteiger partial charge in [0.15, 0.2) is 5.76 Å². The van der Waals surface area contributed by atoms with Crippen LogP contribution in [0.2, 0.25) is 0 Å². The number of amides is 2. The molecule has 1 saturated heterocycles. The number of nitrogens with zero attached hydrogens (tertiary/aromatic N) is 1. The van der Waals surface area contributed by atoms with Crippen LogP contribution in [0.4, 0.5) is 0 Å². The second-order valence-corrected chi connectivity index (χ2v) is 7.10. The van der Waals surface area contributed by atoms with Crippen molar-refractivity contribution in [3.05, 3.63) is 24.2 Å². The summed E-state index contributed by atoms with van der Waals surface area (Å²) in [6.45, 7) is 3.84. The Morgan fingerprint density at radius 2 is 2.12 bits per heavy atom. The second-order valence-electron chi connectivity index (χ2n) is 7.10. The molecule has 0 spiro atoms. The van der Waals surface area contributed by atoms with Crippen LogP contribution >= 0.6 is 0 Å². The molecule has 1 aromatic heterocycles. The van der Waals surface area contributed by atoms with Gasteiger partial charge in [-0.05, 0) is 43.7 Å². The van der Waals surface area contributed by atoms with E-state index in [0.717, 1.165) is 12.8 Å². The van der Waals surface area contributed by atoms with Crippen LogP contribution in [-0.4, -0.2) is 48.6 Å². The molecule has 2 fully saturated rings. The predicted octanol–water partition coefficient (Wildman–Crippen LogP) is 2.60. The van der Waals surface area contributed by atoms with Gasteiger partial charge in [0, 0.05) is 13.1 Å². The summed E-state index contributed by atoms with van der Waals surface area (Å²) < 4.78 is 11.1. The zero-order valence-corrected chi connectivity index (χ0v) is 14.9. The molecule has 1 saturated carbocycles. The van der Waals surface area contributed by atoms with E-state index in [9.17, 15) is 9.59 Å². The zero-order chi connectivity index (χ0) is 17.6. The van der Waals surface area contributed by atoms with E-state index in [1.54, 1.807) is 17.0 Å². The normalized spacial score (nSPS) is 26.6. The van der Waals surface area contributed by atoms with Crippen LogP contribution < -0.4 is 5.32 Å². The van der Waals surface area contributed by atoms with Gasteiger partial charge in [0.25, 0.3) is 5.91 Å². The largest absolute Gasteiger partial charge is 0.459 e. The first-order valence-electron chi connectivity index (χ1n) is 9.40. The summed E-state index contributed by atoms with van der Waals surface area (Å²) in [6.07, 6.45) is 8.17. The summed E-state index contributed by atoms with van der Waals surface area (Å²) in [5, 5.41) is 2.92. The quantitative estimate of drug-likeness (QED) is 0.802. The Hall–Kier alpha value is -1.82. The molecule has 138 valence electrons. The fourth-order valence-electron chi connectivity index (χ4n) is 3.86. The van der Waals surface area contributed by atoms with Gasteiger partial charge in [-0.15, -0.1) is 0 Å². The number of furan rings is 1. The summed E-state index contributed by atoms with van der Waals surface area (Å²) in [5.74, 6) is 0.572. The number of hydrogen-bond acceptors (Lipinski definition) is 4. The number of likely N-dealkylation sites (tertiary alicyclic amines) is 1. The Morgan fingerprint density at radius 1 is 1.28 bits per heavy atom. The fraction of sp³-hybridized carbons (Fsp3) is 0.684. The lowest BCUT2D eigenvalue weighted by Crippen LogP contribution is -2.46. The highest BCUT2D eigenvalue weighted by Crippen LogP contribution is 2.26. The Morgan fingerprint density at radius 3 is 2.88 bits per heavy atom. The molecule has 0 bridgehead atoms. The Bertz CT molecular complexity index is 572. The van der Waals surface area contributed by atoms with Crippen molar-refractivity contribution >= 4 is 11.8 Å². The number of carbonyl (C=O) groups is 2. The number of nitrogens with one attached hydrogen (secondary N) is 1. The molecule has 1 aliphatic heterocycles. The molecule has 6 heteroatoms. The van der Waals surface area contributed by atoms with Crippen molar-refractivity contribution in [1.29, 1.82) is 0 Å². The molecule has 3 rings (SSSR count). The SMILES string of the molecule is C[C@@H]1CCCC[C@H]1OCCNC(=O)[C@H]1CCCN1C(=O)c1ccco1. The average molecular weight is 348 g/mol. The van der Waals surface area contributed by atoms with Crippen molar-refractivity contribution in [3.63, 3.8) is 0 Å². The minimum atomic E-state index is -0.411. The number of ether oxygens (including phenoxy) is 1. The van der Waals surface area contributed by atoms with E-state index in [4.69, 9.17) is 9.15 Å². The smallest absolute Gasteiger partial charge is 0.290 e. The fourth-order valence-corrected chi connectivity index (χ4v) is 3.86. The summed E-state index contributed by atoms with van der Waals surface area (Å²) >= 11 is 0. The van der Waals surface area contributed by atoms with Gasteiger partial charge in [-0.2, -0.15) is 0 Å². The van der Waals surface area contributed by atoms with Crippen molar-refractivity contribution in [2.45, 2.75) is 57.6 Å². The molecule has 1 aromatic rings. The summed E-state index contributed by atoms with van der Waals surface area (Å²) in [5.41, 5.74) is 0. The minimum Gasteiger partial charge on any atom is -0.459 e. The summed E-state index contributed by atoms with van der Waals surface area (Å²) in [7, 11) is 0. The molecule has 6 nitrogen and oxygen atoms in total. The monoisotopic (exact) mass is 348 g/mol. The van der Waals surface area contributed by atoms with Crippen LogP contribution in [0.5, 0.6) is 0 Å². The van der Waals surface area contributed by atoms with Crippen LogP contribution in [0.3, 0.4) is 0 Å². The van der Waals surface area contributed by atoms with E-state index in [-0.39, 0.29) is 17.6 Å². The minimum absolute atomic E-state index is 0.0994. The third-order valence-electron chi connectivity index (χ3n) is 5.31. The Labute approximate surface area is 148 Å². The topological polar surface area (TPSA) is 71.8 Å². The highest BCUT2D eigenvalue weighted by molar-refractivity contribution is 5.95. The highest BCUT2D eigenvalue weighted by Gasteiger charge is 2.35. The summed E-state index contributed by atoms with van der Waals surface area (Å²) in [4.78, 5) is 26.5. The second kappa shape index (κ2) is 8.52. The molecular formula is C19H28N2O4. The average Bonchev–Trinajstić information content (AvgIpc) is 3.30. The van der Waals surface area contributed by atoms with Gasteiger partial charge in [0.05, 0.1) is 19.0 Å². The van der Waals surface area contributed by atoms with Gasteiger partial charge < -0.3 is 19.4 Å². The maximum Gasteiger partial charge on any atom is 0.290 e. The zero-order valence-electron chi connectivity index (χ0n) is 14.9. The molecule has 0 aromatic carbocycles. The van der Waals surface area contributed by atoms with Crippen molar-refractivity contribution in [3.8, 4) is 0 Å². The van der Waals surface area contributed by atoms with E-state index in [0.29, 0.717) is 38.1 Å². The summed E-state index contributed by atoms with van der Waals surface area (Å²) in [6, 6.07) is 2.91. The van der Waals surface area contributed by atoms with Gasteiger partial charge in [-0.25, -0.2) is 0 Å². The van der Waals surface area contributed by atoms with Crippen LogP contribution in [0.1, 0.15) is 56.0 Å².